The molecule has 2 aliphatic heterocycles. The van der Waals surface area contributed by atoms with E-state index in [0.717, 1.165) is 57.4 Å². The minimum atomic E-state index is -0.226. The second-order valence-corrected chi connectivity index (χ2v) is 8.05. The molecule has 1 aromatic heterocycles. The molecule has 0 radical (unpaired) electrons. The Hall–Kier alpha value is -2.65. The van der Waals surface area contributed by atoms with Gasteiger partial charge in [0.2, 0.25) is 5.91 Å². The molecule has 3 heterocycles. The normalized spacial score (nSPS) is 20.7. The van der Waals surface area contributed by atoms with Crippen LogP contribution in [0.2, 0.25) is 0 Å². The van der Waals surface area contributed by atoms with Crippen LogP contribution in [-0.2, 0) is 4.79 Å². The second-order valence-electron chi connectivity index (χ2n) is 8.05. The SMILES string of the molecule is CCN(c1cnc2ccccc2c1)C1CCN(CC(=O)N2CCC[C@H]2C#N)CC1. The first-order valence-corrected chi connectivity index (χ1v) is 10.7. The number of fused-ring (bicyclic) bond motifs is 1. The van der Waals surface area contributed by atoms with Crippen LogP contribution in [0.1, 0.15) is 32.6 Å². The van der Waals surface area contributed by atoms with Gasteiger partial charge in [0.1, 0.15) is 6.04 Å². The van der Waals surface area contributed by atoms with E-state index in [1.54, 1.807) is 4.90 Å². The molecular formula is C23H29N5O. The van der Waals surface area contributed by atoms with Crippen LogP contribution in [0, 0.1) is 11.3 Å². The van der Waals surface area contributed by atoms with E-state index in [0.29, 0.717) is 12.6 Å². The first kappa shape index (κ1) is 19.7. The summed E-state index contributed by atoms with van der Waals surface area (Å²) in [5.74, 6) is 0.110. The second kappa shape index (κ2) is 8.79. The van der Waals surface area contributed by atoms with Crippen molar-refractivity contribution in [2.75, 3.05) is 37.6 Å². The molecular weight excluding hydrogens is 362 g/mol. The predicted molar refractivity (Wildman–Crippen MR) is 115 cm³/mol. The monoisotopic (exact) mass is 391 g/mol. The number of nitrogens with zero attached hydrogens (tertiary/aromatic N) is 5. The third kappa shape index (κ3) is 4.20. The maximum Gasteiger partial charge on any atom is 0.237 e. The Morgan fingerprint density at radius 1 is 1.24 bits per heavy atom. The van der Waals surface area contributed by atoms with Crippen molar-refractivity contribution in [3.05, 3.63) is 36.5 Å². The van der Waals surface area contributed by atoms with E-state index in [4.69, 9.17) is 0 Å². The lowest BCUT2D eigenvalue weighted by Gasteiger charge is -2.39. The van der Waals surface area contributed by atoms with E-state index < -0.39 is 0 Å². The third-order valence-electron chi connectivity index (χ3n) is 6.33. The number of hydrogen-bond acceptors (Lipinski definition) is 5. The lowest BCUT2D eigenvalue weighted by atomic mass is 10.0. The van der Waals surface area contributed by atoms with Gasteiger partial charge in [-0.05, 0) is 44.7 Å². The molecule has 1 amide bonds. The molecule has 2 fully saturated rings. The van der Waals surface area contributed by atoms with Crippen molar-refractivity contribution in [3.63, 3.8) is 0 Å². The molecule has 1 atom stereocenters. The number of benzene rings is 1. The summed E-state index contributed by atoms with van der Waals surface area (Å²) in [7, 11) is 0. The molecule has 152 valence electrons. The zero-order valence-corrected chi connectivity index (χ0v) is 17.1. The number of likely N-dealkylation sites (tertiary alicyclic amines) is 2. The Labute approximate surface area is 172 Å². The summed E-state index contributed by atoms with van der Waals surface area (Å²) >= 11 is 0. The smallest absolute Gasteiger partial charge is 0.237 e. The lowest BCUT2D eigenvalue weighted by molar-refractivity contribution is -0.132. The van der Waals surface area contributed by atoms with E-state index in [9.17, 15) is 10.1 Å². The van der Waals surface area contributed by atoms with E-state index in [1.165, 1.54) is 11.1 Å². The molecule has 6 nitrogen and oxygen atoms in total. The quantitative estimate of drug-likeness (QED) is 0.784. The van der Waals surface area contributed by atoms with Crippen LogP contribution >= 0.6 is 0 Å². The number of carbonyl (C=O) groups is 1. The number of aromatic nitrogens is 1. The van der Waals surface area contributed by atoms with Gasteiger partial charge in [-0.15, -0.1) is 0 Å². The van der Waals surface area contributed by atoms with Crippen LogP contribution in [0.4, 0.5) is 5.69 Å². The topological polar surface area (TPSA) is 63.5 Å². The summed E-state index contributed by atoms with van der Waals surface area (Å²) < 4.78 is 0. The van der Waals surface area contributed by atoms with Crippen LogP contribution in [0.15, 0.2) is 36.5 Å². The Bertz CT molecular complexity index is 900. The van der Waals surface area contributed by atoms with Crippen LogP contribution in [0.25, 0.3) is 10.9 Å². The van der Waals surface area contributed by atoms with Crippen LogP contribution in [-0.4, -0.2) is 65.5 Å². The summed E-state index contributed by atoms with van der Waals surface area (Å²) in [6.07, 6.45) is 5.81. The van der Waals surface area contributed by atoms with Gasteiger partial charge in [-0.25, -0.2) is 0 Å². The zero-order valence-electron chi connectivity index (χ0n) is 17.1. The highest BCUT2D eigenvalue weighted by Gasteiger charge is 2.31. The highest BCUT2D eigenvalue weighted by atomic mass is 16.2. The van der Waals surface area contributed by atoms with Crippen LogP contribution in [0.3, 0.4) is 0 Å². The highest BCUT2D eigenvalue weighted by Crippen LogP contribution is 2.26. The van der Waals surface area contributed by atoms with E-state index in [1.807, 2.05) is 18.3 Å². The van der Waals surface area contributed by atoms with Crippen molar-refractivity contribution in [3.8, 4) is 6.07 Å². The number of para-hydroxylation sites is 1. The van der Waals surface area contributed by atoms with Gasteiger partial charge in [0, 0.05) is 37.6 Å². The molecule has 0 saturated carbocycles. The largest absolute Gasteiger partial charge is 0.367 e. The number of nitriles is 1. The first-order valence-electron chi connectivity index (χ1n) is 10.7. The van der Waals surface area contributed by atoms with Crippen LogP contribution < -0.4 is 4.90 Å². The predicted octanol–water partition coefficient (Wildman–Crippen LogP) is 3.04. The molecule has 0 unspecified atom stereocenters. The van der Waals surface area contributed by atoms with Gasteiger partial charge >= 0.3 is 0 Å². The fourth-order valence-electron chi connectivity index (χ4n) is 4.74. The first-order chi connectivity index (χ1) is 14.2. The van der Waals surface area contributed by atoms with Crippen molar-refractivity contribution in [2.24, 2.45) is 0 Å². The number of amides is 1. The van der Waals surface area contributed by atoms with Gasteiger partial charge < -0.3 is 9.80 Å². The van der Waals surface area contributed by atoms with Gasteiger partial charge in [0.15, 0.2) is 0 Å². The van der Waals surface area contributed by atoms with Crippen LogP contribution in [0.5, 0.6) is 0 Å². The molecule has 2 aromatic rings. The van der Waals surface area contributed by atoms with Gasteiger partial charge in [-0.2, -0.15) is 5.26 Å². The average molecular weight is 392 g/mol. The summed E-state index contributed by atoms with van der Waals surface area (Å²) in [5, 5.41) is 10.4. The van der Waals surface area contributed by atoms with Gasteiger partial charge in [0.05, 0.1) is 30.0 Å². The standard InChI is InChI=1S/C23H29N5O/c1-2-27(21-14-18-6-3-4-8-22(18)25-16-21)19-9-12-26(13-10-19)17-23(29)28-11-5-7-20(28)15-24/h3-4,6,8,14,16,19-20H,2,5,7,9-13,17H2,1H3/t20-/m0/s1. The molecule has 1 aromatic carbocycles. The minimum Gasteiger partial charge on any atom is -0.367 e. The average Bonchev–Trinajstić information content (AvgIpc) is 3.24. The number of hydrogen-bond donors (Lipinski definition) is 0. The van der Waals surface area contributed by atoms with Crippen molar-refractivity contribution in [1.82, 2.24) is 14.8 Å². The third-order valence-corrected chi connectivity index (χ3v) is 6.33. The van der Waals surface area contributed by atoms with Gasteiger partial charge in [-0.3, -0.25) is 14.7 Å². The Morgan fingerprint density at radius 3 is 2.79 bits per heavy atom. The summed E-state index contributed by atoms with van der Waals surface area (Å²) in [5.41, 5.74) is 2.20. The summed E-state index contributed by atoms with van der Waals surface area (Å²) in [6, 6.07) is 13.0. The summed E-state index contributed by atoms with van der Waals surface area (Å²) in [6.45, 7) is 6.14. The maximum atomic E-state index is 12.6. The fourth-order valence-corrected chi connectivity index (χ4v) is 4.74. The highest BCUT2D eigenvalue weighted by molar-refractivity contribution is 5.81. The number of carbonyl (C=O) groups excluding carboxylic acids is 1. The molecule has 0 aliphatic carbocycles. The zero-order chi connectivity index (χ0) is 20.2. The van der Waals surface area contributed by atoms with Crippen molar-refractivity contribution < 1.29 is 4.79 Å². The molecule has 0 N–H and O–H groups in total. The Balaban J connectivity index is 1.36. The van der Waals surface area contributed by atoms with E-state index in [-0.39, 0.29) is 11.9 Å². The maximum absolute atomic E-state index is 12.6. The molecule has 29 heavy (non-hydrogen) atoms. The minimum absolute atomic E-state index is 0.110. The molecule has 2 saturated heterocycles. The van der Waals surface area contributed by atoms with Crippen molar-refractivity contribution in [2.45, 2.75) is 44.7 Å². The Morgan fingerprint density at radius 2 is 2.03 bits per heavy atom. The Kier molecular flexibility index (Phi) is 5.96. The molecule has 6 heteroatoms. The molecule has 0 spiro atoms. The van der Waals surface area contributed by atoms with Crippen molar-refractivity contribution in [1.29, 1.82) is 5.26 Å². The number of piperidine rings is 1. The summed E-state index contributed by atoms with van der Waals surface area (Å²) in [4.78, 5) is 23.7. The van der Waals surface area contributed by atoms with Gasteiger partial charge in [0.25, 0.3) is 0 Å². The molecule has 2 aliphatic rings. The molecule has 4 rings (SSSR count). The van der Waals surface area contributed by atoms with E-state index >= 15 is 0 Å². The number of pyridine rings is 1. The molecule has 0 bridgehead atoms. The fraction of sp³-hybridized carbons (Fsp3) is 0.522. The van der Waals surface area contributed by atoms with E-state index in [2.05, 4.69) is 46.0 Å². The van der Waals surface area contributed by atoms with Gasteiger partial charge in [-0.1, -0.05) is 18.2 Å². The number of anilines is 1. The lowest BCUT2D eigenvalue weighted by Crippen LogP contribution is -2.49. The number of rotatable bonds is 5. The van der Waals surface area contributed by atoms with Crippen molar-refractivity contribution >= 4 is 22.5 Å².